The monoisotopic (exact) mass is 589 g/mol. The molecule has 222 valence electrons. The standard InChI is InChI=1S/C33H31N7O4/c1-3-30(41)40-21-5-6-22(40)14-24(13-21)44-28-16-26-31(25-9-11-42-32(25)28)35-17-36-33(26)38-20-4-7-27(19(2)12-20)43-23-8-10-39-29(15-23)34-18-37-39/h3-4,7-8,10,12,15-18,21-22,24H,1,5-6,9,11,13-14H2,2H3,(H,35,36,38)/t21-,22+,24?. The van der Waals surface area contributed by atoms with E-state index in [0.29, 0.717) is 23.9 Å². The van der Waals surface area contributed by atoms with Gasteiger partial charge in [-0.05, 0) is 61.7 Å². The van der Waals surface area contributed by atoms with Gasteiger partial charge in [0, 0.05) is 60.2 Å². The van der Waals surface area contributed by atoms with Crippen molar-refractivity contribution in [1.29, 1.82) is 0 Å². The minimum absolute atomic E-state index is 0.00573. The van der Waals surface area contributed by atoms with Gasteiger partial charge in [0.15, 0.2) is 17.1 Å². The molecule has 2 aromatic carbocycles. The van der Waals surface area contributed by atoms with E-state index in [0.717, 1.165) is 77.0 Å². The van der Waals surface area contributed by atoms with Gasteiger partial charge in [-0.3, -0.25) is 4.79 Å². The first-order valence-corrected chi connectivity index (χ1v) is 14.9. The smallest absolute Gasteiger partial charge is 0.246 e. The lowest BCUT2D eigenvalue weighted by molar-refractivity contribution is -0.131. The number of hydrogen-bond donors (Lipinski definition) is 1. The number of benzene rings is 2. The molecule has 3 aliphatic heterocycles. The van der Waals surface area contributed by atoms with E-state index >= 15 is 0 Å². The number of anilines is 2. The van der Waals surface area contributed by atoms with Crippen LogP contribution < -0.4 is 19.5 Å². The van der Waals surface area contributed by atoms with E-state index in [9.17, 15) is 4.79 Å². The number of aryl methyl sites for hydroxylation is 1. The molecular weight excluding hydrogens is 558 g/mol. The minimum Gasteiger partial charge on any atom is -0.489 e. The Morgan fingerprint density at radius 2 is 1.93 bits per heavy atom. The Bertz CT molecular complexity index is 1930. The summed E-state index contributed by atoms with van der Waals surface area (Å²) in [4.78, 5) is 27.9. The van der Waals surface area contributed by atoms with Crippen LogP contribution >= 0.6 is 0 Å². The number of hydrogen-bond acceptors (Lipinski definition) is 9. The van der Waals surface area contributed by atoms with Crippen LogP contribution in [0.2, 0.25) is 0 Å². The molecule has 2 bridgehead atoms. The van der Waals surface area contributed by atoms with Gasteiger partial charge in [0.05, 0.1) is 12.1 Å². The molecule has 1 N–H and O–H groups in total. The molecule has 2 saturated heterocycles. The number of carbonyl (C=O) groups is 1. The van der Waals surface area contributed by atoms with Gasteiger partial charge in [0.1, 0.15) is 36.1 Å². The van der Waals surface area contributed by atoms with Crippen molar-refractivity contribution in [3.63, 3.8) is 0 Å². The van der Waals surface area contributed by atoms with E-state index in [2.05, 4.69) is 31.9 Å². The van der Waals surface area contributed by atoms with Crippen molar-refractivity contribution >= 4 is 34.0 Å². The third-order valence-electron chi connectivity index (χ3n) is 8.87. The van der Waals surface area contributed by atoms with E-state index in [1.807, 2.05) is 54.4 Å². The third-order valence-corrected chi connectivity index (χ3v) is 8.87. The van der Waals surface area contributed by atoms with Crippen LogP contribution in [0.5, 0.6) is 23.0 Å². The van der Waals surface area contributed by atoms with Gasteiger partial charge in [-0.1, -0.05) is 6.58 Å². The fourth-order valence-electron chi connectivity index (χ4n) is 6.89. The lowest BCUT2D eigenvalue weighted by atomic mass is 9.99. The maximum absolute atomic E-state index is 12.4. The molecule has 0 aliphatic carbocycles. The predicted octanol–water partition coefficient (Wildman–Crippen LogP) is 5.54. The summed E-state index contributed by atoms with van der Waals surface area (Å²) in [6.07, 6.45) is 10.7. The molecule has 5 aromatic rings. The van der Waals surface area contributed by atoms with Crippen molar-refractivity contribution in [3.8, 4) is 23.0 Å². The largest absolute Gasteiger partial charge is 0.489 e. The van der Waals surface area contributed by atoms with Crippen LogP contribution in [0.25, 0.3) is 16.6 Å². The molecule has 0 radical (unpaired) electrons. The van der Waals surface area contributed by atoms with Crippen molar-refractivity contribution in [1.82, 2.24) is 29.5 Å². The lowest BCUT2D eigenvalue weighted by Crippen LogP contribution is -2.48. The van der Waals surface area contributed by atoms with Crippen LogP contribution in [0.1, 0.15) is 36.8 Å². The molecule has 0 spiro atoms. The highest BCUT2D eigenvalue weighted by Gasteiger charge is 2.43. The van der Waals surface area contributed by atoms with Gasteiger partial charge in [-0.25, -0.2) is 19.5 Å². The molecule has 11 nitrogen and oxygen atoms in total. The number of ether oxygens (including phenoxy) is 3. The number of aromatic nitrogens is 5. The van der Waals surface area contributed by atoms with E-state index < -0.39 is 0 Å². The highest BCUT2D eigenvalue weighted by molar-refractivity contribution is 5.96. The van der Waals surface area contributed by atoms with Gasteiger partial charge in [0.2, 0.25) is 5.91 Å². The first kappa shape index (κ1) is 26.4. The fraction of sp³-hybridized carbons (Fsp3) is 0.303. The zero-order chi connectivity index (χ0) is 29.8. The lowest BCUT2D eigenvalue weighted by Gasteiger charge is -2.38. The second kappa shape index (κ2) is 10.5. The normalized spacial score (nSPS) is 20.4. The van der Waals surface area contributed by atoms with Crippen molar-refractivity contribution in [2.45, 2.75) is 57.2 Å². The van der Waals surface area contributed by atoms with Crippen LogP contribution in [-0.4, -0.2) is 60.2 Å². The predicted molar refractivity (Wildman–Crippen MR) is 164 cm³/mol. The number of amides is 1. The number of piperidine rings is 1. The summed E-state index contributed by atoms with van der Waals surface area (Å²) in [5, 5.41) is 8.49. The van der Waals surface area contributed by atoms with E-state index in [1.54, 1.807) is 10.8 Å². The topological polar surface area (TPSA) is 116 Å². The maximum Gasteiger partial charge on any atom is 0.246 e. The molecule has 44 heavy (non-hydrogen) atoms. The molecule has 3 aliphatic rings. The number of rotatable bonds is 7. The SMILES string of the molecule is C=CC(=O)N1[C@@H]2CC[C@H]1CC(Oc1cc3c(Nc4ccc(Oc5ccn6ncnc6c5)c(C)c4)ncnc3c3c1OCC3)C2. The summed E-state index contributed by atoms with van der Waals surface area (Å²) in [6, 6.07) is 12.0. The van der Waals surface area contributed by atoms with Crippen molar-refractivity contribution in [2.75, 3.05) is 11.9 Å². The summed E-state index contributed by atoms with van der Waals surface area (Å²) in [5.41, 5.74) is 4.45. The molecule has 3 aromatic heterocycles. The van der Waals surface area contributed by atoms with E-state index in [4.69, 9.17) is 14.2 Å². The van der Waals surface area contributed by atoms with Gasteiger partial charge in [-0.15, -0.1) is 0 Å². The van der Waals surface area contributed by atoms with Gasteiger partial charge >= 0.3 is 0 Å². The van der Waals surface area contributed by atoms with Gasteiger partial charge < -0.3 is 24.4 Å². The zero-order valence-electron chi connectivity index (χ0n) is 24.3. The van der Waals surface area contributed by atoms with E-state index in [-0.39, 0.29) is 24.1 Å². The fourth-order valence-corrected chi connectivity index (χ4v) is 6.89. The number of nitrogens with zero attached hydrogens (tertiary/aromatic N) is 6. The summed E-state index contributed by atoms with van der Waals surface area (Å²) in [5.74, 6) is 3.60. The summed E-state index contributed by atoms with van der Waals surface area (Å²) in [7, 11) is 0. The number of fused-ring (bicyclic) bond motifs is 6. The average Bonchev–Trinajstić information content (AvgIpc) is 3.77. The molecule has 0 saturated carbocycles. The maximum atomic E-state index is 12.4. The molecule has 8 rings (SSSR count). The number of pyridine rings is 1. The Hall–Kier alpha value is -5.19. The number of carbonyl (C=O) groups excluding carboxylic acids is 1. The molecular formula is C33H31N7O4. The second-order valence-corrected chi connectivity index (χ2v) is 11.6. The molecule has 6 heterocycles. The van der Waals surface area contributed by atoms with Gasteiger partial charge in [-0.2, -0.15) is 5.10 Å². The van der Waals surface area contributed by atoms with E-state index in [1.165, 1.54) is 12.4 Å². The minimum atomic E-state index is -0.00573. The molecule has 11 heteroatoms. The van der Waals surface area contributed by atoms with Crippen molar-refractivity contribution in [2.24, 2.45) is 0 Å². The second-order valence-electron chi connectivity index (χ2n) is 11.6. The number of nitrogens with one attached hydrogen (secondary N) is 1. The molecule has 1 unspecified atom stereocenters. The molecule has 2 fully saturated rings. The van der Waals surface area contributed by atoms with Crippen LogP contribution in [0.4, 0.5) is 11.5 Å². The highest BCUT2D eigenvalue weighted by Crippen LogP contribution is 2.45. The third kappa shape index (κ3) is 4.55. The molecule has 1 amide bonds. The summed E-state index contributed by atoms with van der Waals surface area (Å²) < 4.78 is 20.6. The first-order chi connectivity index (χ1) is 21.5. The first-order valence-electron chi connectivity index (χ1n) is 14.9. The average molecular weight is 590 g/mol. The van der Waals surface area contributed by atoms with Crippen LogP contribution in [0.15, 0.2) is 67.9 Å². The Balaban J connectivity index is 1.06. The Morgan fingerprint density at radius 3 is 2.75 bits per heavy atom. The summed E-state index contributed by atoms with van der Waals surface area (Å²) in [6.45, 7) is 6.28. The van der Waals surface area contributed by atoms with Crippen LogP contribution in [0, 0.1) is 6.92 Å². The van der Waals surface area contributed by atoms with Crippen molar-refractivity contribution in [3.05, 3.63) is 79.0 Å². The van der Waals surface area contributed by atoms with Crippen LogP contribution in [0.3, 0.4) is 0 Å². The highest BCUT2D eigenvalue weighted by atomic mass is 16.5. The van der Waals surface area contributed by atoms with Gasteiger partial charge in [0.25, 0.3) is 0 Å². The molecule has 3 atom stereocenters. The summed E-state index contributed by atoms with van der Waals surface area (Å²) >= 11 is 0. The Kier molecular flexibility index (Phi) is 6.32. The van der Waals surface area contributed by atoms with Crippen molar-refractivity contribution < 1.29 is 19.0 Å². The zero-order valence-corrected chi connectivity index (χ0v) is 24.3. The Labute approximate surface area is 253 Å². The Morgan fingerprint density at radius 1 is 1.07 bits per heavy atom. The quantitative estimate of drug-likeness (QED) is 0.244. The van der Waals surface area contributed by atoms with Crippen LogP contribution in [-0.2, 0) is 11.2 Å².